The van der Waals surface area contributed by atoms with Gasteiger partial charge < -0.3 is 15.2 Å². The van der Waals surface area contributed by atoms with Gasteiger partial charge in [0.1, 0.15) is 5.82 Å². The van der Waals surface area contributed by atoms with Crippen molar-refractivity contribution in [2.45, 2.75) is 18.9 Å². The molecule has 7 nitrogen and oxygen atoms in total. The number of aromatic amines is 1. The Hall–Kier alpha value is -3.94. The van der Waals surface area contributed by atoms with Crippen molar-refractivity contribution in [2.75, 3.05) is 13.1 Å². The SMILES string of the molecule is Cn1cc2c(n1)[C@H](C(=O)NCCc1c[nH]c3ccc(F)cc13)CN(C(=O)c1ccccc1)C2. The van der Waals surface area contributed by atoms with Gasteiger partial charge in [-0.15, -0.1) is 0 Å². The summed E-state index contributed by atoms with van der Waals surface area (Å²) in [4.78, 5) is 31.0. The number of carbonyl (C=O) groups excluding carboxylic acids is 2. The normalized spacial score (nSPS) is 15.5. The third kappa shape index (κ3) is 4.11. The van der Waals surface area contributed by atoms with Crippen LogP contribution in [0, 0.1) is 5.82 Å². The Bertz CT molecular complexity index is 1330. The van der Waals surface area contributed by atoms with Crippen molar-refractivity contribution in [3.8, 4) is 0 Å². The van der Waals surface area contributed by atoms with Gasteiger partial charge >= 0.3 is 0 Å². The van der Waals surface area contributed by atoms with E-state index >= 15 is 0 Å². The molecule has 5 rings (SSSR count). The van der Waals surface area contributed by atoms with E-state index in [1.807, 2.05) is 37.6 Å². The second kappa shape index (κ2) is 8.54. The molecule has 4 aromatic rings. The van der Waals surface area contributed by atoms with E-state index in [1.54, 1.807) is 27.8 Å². The van der Waals surface area contributed by atoms with Crippen LogP contribution < -0.4 is 5.32 Å². The van der Waals surface area contributed by atoms with Gasteiger partial charge in [-0.05, 0) is 42.3 Å². The maximum Gasteiger partial charge on any atom is 0.254 e. The number of benzene rings is 2. The number of fused-ring (bicyclic) bond motifs is 2. The molecular formula is C25H24FN5O2. The molecule has 2 aromatic heterocycles. The number of H-pyrrole nitrogens is 1. The number of amides is 2. The lowest BCUT2D eigenvalue weighted by Crippen LogP contribution is -2.44. The van der Waals surface area contributed by atoms with E-state index in [0.29, 0.717) is 30.8 Å². The van der Waals surface area contributed by atoms with Crippen molar-refractivity contribution in [1.82, 2.24) is 25.0 Å². The average molecular weight is 445 g/mol. The molecule has 1 aliphatic rings. The van der Waals surface area contributed by atoms with Gasteiger partial charge in [0.15, 0.2) is 0 Å². The highest BCUT2D eigenvalue weighted by Crippen LogP contribution is 2.28. The van der Waals surface area contributed by atoms with Crippen molar-refractivity contribution >= 4 is 22.7 Å². The van der Waals surface area contributed by atoms with Crippen molar-refractivity contribution in [3.05, 3.63) is 89.1 Å². The molecule has 0 aliphatic carbocycles. The zero-order valence-corrected chi connectivity index (χ0v) is 18.2. The van der Waals surface area contributed by atoms with E-state index in [-0.39, 0.29) is 24.2 Å². The Balaban J connectivity index is 1.30. The van der Waals surface area contributed by atoms with E-state index in [9.17, 15) is 14.0 Å². The highest BCUT2D eigenvalue weighted by Gasteiger charge is 2.35. The molecule has 33 heavy (non-hydrogen) atoms. The van der Waals surface area contributed by atoms with E-state index in [4.69, 9.17) is 0 Å². The third-order valence-electron chi connectivity index (χ3n) is 6.08. The van der Waals surface area contributed by atoms with Crippen molar-refractivity contribution in [3.63, 3.8) is 0 Å². The predicted octanol–water partition coefficient (Wildman–Crippen LogP) is 3.14. The smallest absolute Gasteiger partial charge is 0.254 e. The third-order valence-corrected chi connectivity index (χ3v) is 6.08. The minimum atomic E-state index is -0.553. The highest BCUT2D eigenvalue weighted by atomic mass is 19.1. The van der Waals surface area contributed by atoms with E-state index in [0.717, 1.165) is 22.0 Å². The summed E-state index contributed by atoms with van der Waals surface area (Å²) in [7, 11) is 1.81. The van der Waals surface area contributed by atoms with Gasteiger partial charge in [0.2, 0.25) is 5.91 Å². The summed E-state index contributed by atoms with van der Waals surface area (Å²) in [6.45, 7) is 1.08. The number of halogens is 1. The fraction of sp³-hybridized carbons (Fsp3) is 0.240. The molecule has 168 valence electrons. The summed E-state index contributed by atoms with van der Waals surface area (Å²) in [6, 6.07) is 13.7. The molecule has 0 fully saturated rings. The molecule has 0 unspecified atom stereocenters. The Kier molecular flexibility index (Phi) is 5.42. The quantitative estimate of drug-likeness (QED) is 0.495. The second-order valence-electron chi connectivity index (χ2n) is 8.36. The zero-order chi connectivity index (χ0) is 22.9. The molecule has 0 saturated carbocycles. The van der Waals surface area contributed by atoms with Gasteiger partial charge in [-0.1, -0.05) is 18.2 Å². The minimum absolute atomic E-state index is 0.108. The number of hydrogen-bond donors (Lipinski definition) is 2. The van der Waals surface area contributed by atoms with Crippen LogP contribution in [-0.2, 0) is 24.8 Å². The fourth-order valence-corrected chi connectivity index (χ4v) is 4.47. The Morgan fingerprint density at radius 1 is 1.21 bits per heavy atom. The van der Waals surface area contributed by atoms with Crippen LogP contribution in [-0.4, -0.2) is 44.6 Å². The Morgan fingerprint density at radius 2 is 2.03 bits per heavy atom. The van der Waals surface area contributed by atoms with Gasteiger partial charge in [0.25, 0.3) is 5.91 Å². The maximum absolute atomic E-state index is 13.6. The molecular weight excluding hydrogens is 421 g/mol. The lowest BCUT2D eigenvalue weighted by Gasteiger charge is -2.31. The van der Waals surface area contributed by atoms with Crippen molar-refractivity contribution < 1.29 is 14.0 Å². The fourth-order valence-electron chi connectivity index (χ4n) is 4.47. The number of carbonyl (C=O) groups is 2. The van der Waals surface area contributed by atoms with Gasteiger partial charge in [0, 0.05) is 61.1 Å². The summed E-state index contributed by atoms with van der Waals surface area (Å²) in [6.07, 6.45) is 4.26. The van der Waals surface area contributed by atoms with E-state index < -0.39 is 5.92 Å². The maximum atomic E-state index is 13.6. The van der Waals surface area contributed by atoms with E-state index in [2.05, 4.69) is 15.4 Å². The van der Waals surface area contributed by atoms with Crippen LogP contribution in [0.15, 0.2) is 60.9 Å². The molecule has 0 saturated heterocycles. The summed E-state index contributed by atoms with van der Waals surface area (Å²) in [5, 5.41) is 8.30. The molecule has 1 aliphatic heterocycles. The number of nitrogens with zero attached hydrogens (tertiary/aromatic N) is 3. The predicted molar refractivity (Wildman–Crippen MR) is 122 cm³/mol. The highest BCUT2D eigenvalue weighted by molar-refractivity contribution is 5.95. The van der Waals surface area contributed by atoms with Gasteiger partial charge in [-0.2, -0.15) is 5.10 Å². The molecule has 0 radical (unpaired) electrons. The topological polar surface area (TPSA) is 83.0 Å². The van der Waals surface area contributed by atoms with Crippen molar-refractivity contribution in [2.24, 2.45) is 7.05 Å². The monoisotopic (exact) mass is 445 g/mol. The number of aryl methyl sites for hydroxylation is 1. The molecule has 8 heteroatoms. The molecule has 3 heterocycles. The number of hydrogen-bond acceptors (Lipinski definition) is 3. The van der Waals surface area contributed by atoms with Gasteiger partial charge in [0.05, 0.1) is 11.6 Å². The van der Waals surface area contributed by atoms with Gasteiger partial charge in [-0.25, -0.2) is 4.39 Å². The first-order valence-electron chi connectivity index (χ1n) is 10.9. The Labute approximate surface area is 190 Å². The molecule has 2 N–H and O–H groups in total. The first kappa shape index (κ1) is 20.9. The zero-order valence-electron chi connectivity index (χ0n) is 18.2. The second-order valence-corrected chi connectivity index (χ2v) is 8.36. The lowest BCUT2D eigenvalue weighted by atomic mass is 9.95. The standard InChI is InChI=1S/C25H24FN5O2/c1-30-13-18-14-31(25(33)16-5-3-2-4-6-16)15-21(23(18)29-30)24(32)27-10-9-17-12-28-22-8-7-19(26)11-20(17)22/h2-8,11-13,21,28H,9-10,14-15H2,1H3,(H,27,32)/t21-/m1/s1. The van der Waals surface area contributed by atoms with Crippen molar-refractivity contribution in [1.29, 1.82) is 0 Å². The molecule has 2 aromatic carbocycles. The van der Waals surface area contributed by atoms with Crippen LogP contribution in [0.25, 0.3) is 10.9 Å². The number of nitrogens with one attached hydrogen (secondary N) is 2. The van der Waals surface area contributed by atoms with Crippen LogP contribution in [0.3, 0.4) is 0 Å². The lowest BCUT2D eigenvalue weighted by molar-refractivity contribution is -0.123. The van der Waals surface area contributed by atoms with Crippen LogP contribution in [0.2, 0.25) is 0 Å². The summed E-state index contributed by atoms with van der Waals surface area (Å²) in [5.41, 5.74) is 3.98. The molecule has 0 spiro atoms. The van der Waals surface area contributed by atoms with E-state index in [1.165, 1.54) is 12.1 Å². The van der Waals surface area contributed by atoms with Crippen LogP contribution >= 0.6 is 0 Å². The number of rotatable bonds is 5. The van der Waals surface area contributed by atoms with Crippen LogP contribution in [0.1, 0.15) is 33.1 Å². The summed E-state index contributed by atoms with van der Waals surface area (Å²) >= 11 is 0. The largest absolute Gasteiger partial charge is 0.361 e. The summed E-state index contributed by atoms with van der Waals surface area (Å²) in [5.74, 6) is -1.13. The van der Waals surface area contributed by atoms with Gasteiger partial charge in [-0.3, -0.25) is 14.3 Å². The first-order chi connectivity index (χ1) is 16.0. The first-order valence-corrected chi connectivity index (χ1v) is 10.9. The molecule has 1 atom stereocenters. The van der Waals surface area contributed by atoms with Crippen LogP contribution in [0.5, 0.6) is 0 Å². The molecule has 2 amide bonds. The number of aromatic nitrogens is 3. The van der Waals surface area contributed by atoms with Crippen LogP contribution in [0.4, 0.5) is 4.39 Å². The average Bonchev–Trinajstić information content (AvgIpc) is 3.40. The molecule has 0 bridgehead atoms. The Morgan fingerprint density at radius 3 is 2.85 bits per heavy atom. The summed E-state index contributed by atoms with van der Waals surface area (Å²) < 4.78 is 15.3. The minimum Gasteiger partial charge on any atom is -0.361 e.